The molecule has 0 saturated heterocycles. The first-order valence-corrected chi connectivity index (χ1v) is 6.96. The van der Waals surface area contributed by atoms with Crippen LogP contribution in [0.4, 0.5) is 0 Å². The van der Waals surface area contributed by atoms with Gasteiger partial charge in [0.1, 0.15) is 0 Å². The van der Waals surface area contributed by atoms with Crippen LogP contribution in [0.1, 0.15) is 33.5 Å². The van der Waals surface area contributed by atoms with Crippen molar-refractivity contribution in [3.8, 4) is 0 Å². The van der Waals surface area contributed by atoms with Crippen LogP contribution in [0.25, 0.3) is 0 Å². The van der Waals surface area contributed by atoms with E-state index in [0.717, 1.165) is 16.6 Å². The van der Waals surface area contributed by atoms with Crippen molar-refractivity contribution < 1.29 is 4.79 Å². The van der Waals surface area contributed by atoms with Crippen LogP contribution in [-0.2, 0) is 0 Å². The highest BCUT2D eigenvalue weighted by atomic mass is 79.9. The molecule has 1 atom stereocenters. The molecule has 1 aromatic heterocycles. The molecule has 1 unspecified atom stereocenters. The van der Waals surface area contributed by atoms with Crippen LogP contribution in [0.15, 0.2) is 6.07 Å². The number of halogens is 1. The third-order valence-electron chi connectivity index (χ3n) is 2.40. The zero-order chi connectivity index (χ0) is 11.4. The highest BCUT2D eigenvalue weighted by molar-refractivity contribution is 9.09. The van der Waals surface area contributed by atoms with E-state index < -0.39 is 0 Å². The Balaban J connectivity index is 2.68. The van der Waals surface area contributed by atoms with Crippen molar-refractivity contribution >= 4 is 33.2 Å². The Labute approximate surface area is 103 Å². The maximum Gasteiger partial charge on any atom is 0.261 e. The molecular formula is C11H16BrNOS. The van der Waals surface area contributed by atoms with Gasteiger partial charge in [-0.25, -0.2) is 0 Å². The molecule has 15 heavy (non-hydrogen) atoms. The van der Waals surface area contributed by atoms with Gasteiger partial charge < -0.3 is 5.32 Å². The van der Waals surface area contributed by atoms with E-state index in [0.29, 0.717) is 0 Å². The molecule has 1 amide bonds. The minimum absolute atomic E-state index is 0.0440. The lowest BCUT2D eigenvalue weighted by atomic mass is 10.2. The summed E-state index contributed by atoms with van der Waals surface area (Å²) in [6.07, 6.45) is 0.945. The summed E-state index contributed by atoms with van der Waals surface area (Å²) in [5.74, 6) is 0.0440. The summed E-state index contributed by atoms with van der Waals surface area (Å²) in [5, 5.41) is 3.80. The van der Waals surface area contributed by atoms with Gasteiger partial charge in [-0.3, -0.25) is 4.79 Å². The summed E-state index contributed by atoms with van der Waals surface area (Å²) in [7, 11) is 0. The van der Waals surface area contributed by atoms with Gasteiger partial charge in [-0.1, -0.05) is 22.9 Å². The summed E-state index contributed by atoms with van der Waals surface area (Å²) in [6.45, 7) is 6.14. The van der Waals surface area contributed by atoms with Gasteiger partial charge in [0.2, 0.25) is 0 Å². The van der Waals surface area contributed by atoms with E-state index in [1.807, 2.05) is 19.9 Å². The summed E-state index contributed by atoms with van der Waals surface area (Å²) in [4.78, 5) is 13.8. The van der Waals surface area contributed by atoms with Gasteiger partial charge in [0, 0.05) is 16.2 Å². The Bertz CT molecular complexity index is 325. The second kappa shape index (κ2) is 5.66. The van der Waals surface area contributed by atoms with E-state index in [1.54, 1.807) is 11.3 Å². The van der Waals surface area contributed by atoms with Crippen LogP contribution in [-0.4, -0.2) is 17.3 Å². The van der Waals surface area contributed by atoms with Crippen LogP contribution >= 0.6 is 27.3 Å². The van der Waals surface area contributed by atoms with Gasteiger partial charge in [-0.2, -0.15) is 0 Å². The molecular weight excluding hydrogens is 274 g/mol. The Morgan fingerprint density at radius 1 is 1.60 bits per heavy atom. The van der Waals surface area contributed by atoms with Crippen LogP contribution in [0.2, 0.25) is 0 Å². The zero-order valence-corrected chi connectivity index (χ0v) is 11.7. The monoisotopic (exact) mass is 289 g/mol. The molecule has 0 bridgehead atoms. The molecule has 1 aromatic rings. The minimum Gasteiger partial charge on any atom is -0.348 e. The average Bonchev–Trinajstić information content (AvgIpc) is 2.55. The minimum atomic E-state index is 0.0440. The van der Waals surface area contributed by atoms with Crippen LogP contribution in [0, 0.1) is 13.8 Å². The quantitative estimate of drug-likeness (QED) is 0.847. The highest BCUT2D eigenvalue weighted by Crippen LogP contribution is 2.20. The first-order valence-electron chi connectivity index (χ1n) is 5.02. The van der Waals surface area contributed by atoms with E-state index in [1.165, 1.54) is 10.4 Å². The normalized spacial score (nSPS) is 12.5. The van der Waals surface area contributed by atoms with Crippen LogP contribution in [0.5, 0.6) is 0 Å². The zero-order valence-electron chi connectivity index (χ0n) is 9.26. The summed E-state index contributed by atoms with van der Waals surface area (Å²) in [6, 6.07) is 2.18. The summed E-state index contributed by atoms with van der Waals surface area (Å²) >= 11 is 4.94. The number of nitrogens with one attached hydrogen (secondary N) is 1. The predicted molar refractivity (Wildman–Crippen MR) is 69.1 cm³/mol. The maximum absolute atomic E-state index is 11.8. The fourth-order valence-corrected chi connectivity index (χ4v) is 2.75. The predicted octanol–water partition coefficient (Wildman–Crippen LogP) is 3.27. The van der Waals surface area contributed by atoms with E-state index in [4.69, 9.17) is 0 Å². The lowest BCUT2D eigenvalue weighted by Gasteiger charge is -2.12. The number of alkyl halides is 1. The molecule has 0 fully saturated rings. The van der Waals surface area contributed by atoms with Gasteiger partial charge in [0.05, 0.1) is 4.88 Å². The van der Waals surface area contributed by atoms with Crippen LogP contribution < -0.4 is 5.32 Å². The van der Waals surface area contributed by atoms with Gasteiger partial charge in [0.15, 0.2) is 0 Å². The second-order valence-corrected chi connectivity index (χ2v) is 5.49. The van der Waals surface area contributed by atoms with E-state index in [2.05, 4.69) is 28.2 Å². The molecule has 0 radical (unpaired) electrons. The van der Waals surface area contributed by atoms with Crippen molar-refractivity contribution in [2.24, 2.45) is 0 Å². The Kier molecular flexibility index (Phi) is 4.80. The Morgan fingerprint density at radius 3 is 2.67 bits per heavy atom. The number of thiophene rings is 1. The Hall–Kier alpha value is -0.350. The molecule has 0 aliphatic heterocycles. The molecule has 1 N–H and O–H groups in total. The Morgan fingerprint density at radius 2 is 2.27 bits per heavy atom. The van der Waals surface area contributed by atoms with Crippen LogP contribution in [0.3, 0.4) is 0 Å². The number of carbonyl (C=O) groups is 1. The van der Waals surface area contributed by atoms with Crippen molar-refractivity contribution in [2.45, 2.75) is 33.2 Å². The number of hydrogen-bond donors (Lipinski definition) is 1. The van der Waals surface area contributed by atoms with Crippen molar-refractivity contribution in [2.75, 3.05) is 5.33 Å². The molecule has 2 nitrogen and oxygen atoms in total. The largest absolute Gasteiger partial charge is 0.348 e. The number of amides is 1. The first-order chi connectivity index (χ1) is 7.08. The molecule has 1 heterocycles. The van der Waals surface area contributed by atoms with Gasteiger partial charge >= 0.3 is 0 Å². The third kappa shape index (κ3) is 3.31. The fourth-order valence-electron chi connectivity index (χ4n) is 1.19. The lowest BCUT2D eigenvalue weighted by molar-refractivity contribution is 0.0944. The van der Waals surface area contributed by atoms with Crippen molar-refractivity contribution in [1.82, 2.24) is 5.32 Å². The molecule has 1 rings (SSSR count). The summed E-state index contributed by atoms with van der Waals surface area (Å²) in [5.41, 5.74) is 1.19. The van der Waals surface area contributed by atoms with Gasteiger partial charge in [-0.15, -0.1) is 11.3 Å². The second-order valence-electron chi connectivity index (χ2n) is 3.58. The molecule has 0 aliphatic carbocycles. The van der Waals surface area contributed by atoms with Gasteiger partial charge in [0.25, 0.3) is 5.91 Å². The number of aryl methyl sites for hydroxylation is 2. The topological polar surface area (TPSA) is 29.1 Å². The number of hydrogen-bond acceptors (Lipinski definition) is 2. The molecule has 4 heteroatoms. The molecule has 0 saturated carbocycles. The maximum atomic E-state index is 11.8. The summed E-state index contributed by atoms with van der Waals surface area (Å²) < 4.78 is 0. The highest BCUT2D eigenvalue weighted by Gasteiger charge is 2.13. The SMILES string of the molecule is CCC(CBr)NC(=O)c1cc(C)c(C)s1. The van der Waals surface area contributed by atoms with Crippen molar-refractivity contribution in [3.05, 3.63) is 21.4 Å². The lowest BCUT2D eigenvalue weighted by Crippen LogP contribution is -2.35. The fraction of sp³-hybridized carbons (Fsp3) is 0.545. The molecule has 0 spiro atoms. The van der Waals surface area contributed by atoms with Gasteiger partial charge in [-0.05, 0) is 31.9 Å². The number of carbonyl (C=O) groups excluding carboxylic acids is 1. The van der Waals surface area contributed by atoms with E-state index in [-0.39, 0.29) is 11.9 Å². The van der Waals surface area contributed by atoms with E-state index >= 15 is 0 Å². The van der Waals surface area contributed by atoms with Crippen molar-refractivity contribution in [1.29, 1.82) is 0 Å². The van der Waals surface area contributed by atoms with E-state index in [9.17, 15) is 4.79 Å². The smallest absolute Gasteiger partial charge is 0.261 e. The third-order valence-corrected chi connectivity index (χ3v) is 4.34. The average molecular weight is 290 g/mol. The number of rotatable bonds is 4. The molecule has 84 valence electrons. The standard InChI is InChI=1S/C11H16BrNOS/c1-4-9(6-12)13-11(14)10-5-7(2)8(3)15-10/h5,9H,4,6H2,1-3H3,(H,13,14). The molecule has 0 aliphatic rings. The van der Waals surface area contributed by atoms with Crippen molar-refractivity contribution in [3.63, 3.8) is 0 Å². The first kappa shape index (κ1) is 12.7. The molecule has 0 aromatic carbocycles.